The molecule has 142 valence electrons. The molecule has 6 heteroatoms. The lowest BCUT2D eigenvalue weighted by atomic mass is 10.0. The smallest absolute Gasteiger partial charge is 0.244 e. The Labute approximate surface area is 159 Å². The first-order valence-electron chi connectivity index (χ1n) is 9.14. The average molecular weight is 385 g/mol. The molecule has 5 nitrogen and oxygen atoms in total. The number of sulfonamides is 1. The zero-order valence-electron chi connectivity index (χ0n) is 15.4. The van der Waals surface area contributed by atoms with Gasteiger partial charge in [0.2, 0.25) is 10.0 Å². The van der Waals surface area contributed by atoms with E-state index >= 15 is 0 Å². The molecule has 2 aliphatic rings. The Bertz CT molecular complexity index is 971. The SMILES string of the molecule is Cc1ccc(S(=O)(=O)N(Cc2ccccc2)[C@@]23C[C@@H]2[C@@H](C)[C@H](O)C3=O)cc1. The van der Waals surface area contributed by atoms with Crippen molar-refractivity contribution < 1.29 is 18.3 Å². The van der Waals surface area contributed by atoms with Crippen LogP contribution in [0.1, 0.15) is 24.5 Å². The van der Waals surface area contributed by atoms with E-state index in [9.17, 15) is 18.3 Å². The van der Waals surface area contributed by atoms with Crippen molar-refractivity contribution in [2.45, 2.75) is 43.4 Å². The largest absolute Gasteiger partial charge is 0.385 e. The molecule has 0 aromatic heterocycles. The summed E-state index contributed by atoms with van der Waals surface area (Å²) in [7, 11) is -3.89. The number of hydrogen-bond donors (Lipinski definition) is 1. The Hall–Kier alpha value is -2.02. The maximum atomic E-state index is 13.5. The second-order valence-electron chi connectivity index (χ2n) is 7.71. The van der Waals surface area contributed by atoms with Gasteiger partial charge in [0.05, 0.1) is 4.90 Å². The van der Waals surface area contributed by atoms with E-state index in [0.717, 1.165) is 11.1 Å². The molecule has 2 aliphatic carbocycles. The summed E-state index contributed by atoms with van der Waals surface area (Å²) in [5.74, 6) is -0.737. The third-order valence-electron chi connectivity index (χ3n) is 6.04. The Morgan fingerprint density at radius 1 is 1.11 bits per heavy atom. The van der Waals surface area contributed by atoms with Crippen molar-refractivity contribution in [1.29, 1.82) is 0 Å². The van der Waals surface area contributed by atoms with E-state index in [1.807, 2.05) is 44.2 Å². The quantitative estimate of drug-likeness (QED) is 0.858. The Kier molecular flexibility index (Phi) is 4.25. The molecule has 2 fully saturated rings. The summed E-state index contributed by atoms with van der Waals surface area (Å²) in [5, 5.41) is 10.2. The fourth-order valence-corrected chi connectivity index (χ4v) is 6.11. The van der Waals surface area contributed by atoms with Crippen LogP contribution in [0.5, 0.6) is 0 Å². The first kappa shape index (κ1) is 18.3. The molecule has 0 unspecified atom stereocenters. The summed E-state index contributed by atoms with van der Waals surface area (Å²) >= 11 is 0. The molecule has 0 saturated heterocycles. The molecular weight excluding hydrogens is 362 g/mol. The van der Waals surface area contributed by atoms with Crippen LogP contribution >= 0.6 is 0 Å². The predicted molar refractivity (Wildman–Crippen MR) is 101 cm³/mol. The molecule has 2 aromatic rings. The van der Waals surface area contributed by atoms with Gasteiger partial charge in [0.1, 0.15) is 11.6 Å². The zero-order valence-corrected chi connectivity index (χ0v) is 16.2. The summed E-state index contributed by atoms with van der Waals surface area (Å²) < 4.78 is 28.4. The molecule has 2 saturated carbocycles. The third kappa shape index (κ3) is 2.74. The molecule has 0 heterocycles. The number of benzene rings is 2. The van der Waals surface area contributed by atoms with Gasteiger partial charge in [-0.05, 0) is 42.9 Å². The van der Waals surface area contributed by atoms with Gasteiger partial charge in [0, 0.05) is 6.54 Å². The molecule has 0 aliphatic heterocycles. The number of carbonyl (C=O) groups is 1. The van der Waals surface area contributed by atoms with Gasteiger partial charge in [0.15, 0.2) is 5.78 Å². The molecule has 27 heavy (non-hydrogen) atoms. The van der Waals surface area contributed by atoms with Crippen molar-refractivity contribution in [3.8, 4) is 0 Å². The number of aliphatic hydroxyl groups excluding tert-OH is 1. The van der Waals surface area contributed by atoms with Crippen molar-refractivity contribution >= 4 is 15.8 Å². The van der Waals surface area contributed by atoms with Gasteiger partial charge >= 0.3 is 0 Å². The van der Waals surface area contributed by atoms with Crippen LogP contribution in [0.15, 0.2) is 59.5 Å². The van der Waals surface area contributed by atoms with Crippen LogP contribution in [0.3, 0.4) is 0 Å². The first-order valence-corrected chi connectivity index (χ1v) is 10.6. The highest BCUT2D eigenvalue weighted by atomic mass is 32.2. The van der Waals surface area contributed by atoms with E-state index in [4.69, 9.17) is 0 Å². The molecule has 1 N–H and O–H groups in total. The molecule has 0 bridgehead atoms. The number of rotatable bonds is 5. The lowest BCUT2D eigenvalue weighted by molar-refractivity contribution is -0.131. The van der Waals surface area contributed by atoms with Crippen molar-refractivity contribution in [1.82, 2.24) is 4.31 Å². The van der Waals surface area contributed by atoms with Crippen molar-refractivity contribution in [2.75, 3.05) is 0 Å². The molecule has 4 atom stereocenters. The number of hydrogen-bond acceptors (Lipinski definition) is 4. The standard InChI is InChI=1S/C21H23NO4S/c1-14-8-10-17(11-9-14)27(25,26)22(13-16-6-4-3-5-7-16)21-12-18(21)15(2)19(23)20(21)24/h3-11,15,18-19,23H,12-13H2,1-2H3/t15-,18-,19+,21+/m1/s1. The normalized spacial score (nSPS) is 29.8. The number of ketones is 1. The summed E-state index contributed by atoms with van der Waals surface area (Å²) in [6.07, 6.45) is -0.627. The van der Waals surface area contributed by atoms with Crippen LogP contribution in [0.25, 0.3) is 0 Å². The van der Waals surface area contributed by atoms with Gasteiger partial charge in [-0.2, -0.15) is 4.31 Å². The first-order chi connectivity index (χ1) is 12.8. The number of fused-ring (bicyclic) bond motifs is 1. The predicted octanol–water partition coefficient (Wildman–Crippen LogP) is 2.52. The van der Waals surface area contributed by atoms with Crippen molar-refractivity contribution in [3.05, 3.63) is 65.7 Å². The summed E-state index contributed by atoms with van der Waals surface area (Å²) in [5.41, 5.74) is 0.653. The molecule has 0 spiro atoms. The van der Waals surface area contributed by atoms with Crippen molar-refractivity contribution in [3.63, 3.8) is 0 Å². The monoisotopic (exact) mass is 385 g/mol. The topological polar surface area (TPSA) is 74.7 Å². The van der Waals surface area contributed by atoms with E-state index < -0.39 is 21.7 Å². The van der Waals surface area contributed by atoms with Gasteiger partial charge < -0.3 is 5.11 Å². The van der Waals surface area contributed by atoms with E-state index in [1.54, 1.807) is 24.3 Å². The number of Topliss-reactive ketones (excluding diaryl/α,β-unsaturated/α-hetero) is 1. The fraction of sp³-hybridized carbons (Fsp3) is 0.381. The Morgan fingerprint density at radius 3 is 2.30 bits per heavy atom. The number of carbonyl (C=O) groups excluding carboxylic acids is 1. The minimum absolute atomic E-state index is 0.110. The van der Waals surface area contributed by atoms with Crippen LogP contribution < -0.4 is 0 Å². The maximum absolute atomic E-state index is 13.5. The number of nitrogens with zero attached hydrogens (tertiary/aromatic N) is 1. The van der Waals surface area contributed by atoms with Gasteiger partial charge in [-0.1, -0.05) is 55.0 Å². The van der Waals surface area contributed by atoms with E-state index in [2.05, 4.69) is 0 Å². The second kappa shape index (κ2) is 6.26. The highest BCUT2D eigenvalue weighted by molar-refractivity contribution is 7.89. The summed E-state index contributed by atoms with van der Waals surface area (Å²) in [4.78, 5) is 13.1. The van der Waals surface area contributed by atoms with Crippen LogP contribution in [-0.4, -0.2) is 35.3 Å². The third-order valence-corrected chi connectivity index (χ3v) is 7.94. The molecule has 0 amide bonds. The van der Waals surface area contributed by atoms with Gasteiger partial charge in [0.25, 0.3) is 0 Å². The molecule has 2 aromatic carbocycles. The number of aliphatic hydroxyl groups is 1. The molecule has 0 radical (unpaired) electrons. The van der Waals surface area contributed by atoms with Crippen LogP contribution in [-0.2, 0) is 21.4 Å². The Balaban J connectivity index is 1.80. The van der Waals surface area contributed by atoms with Gasteiger partial charge in [-0.25, -0.2) is 8.42 Å². The molecular formula is C21H23NO4S. The maximum Gasteiger partial charge on any atom is 0.244 e. The van der Waals surface area contributed by atoms with E-state index in [1.165, 1.54) is 4.31 Å². The minimum Gasteiger partial charge on any atom is -0.385 e. The highest BCUT2D eigenvalue weighted by Gasteiger charge is 2.74. The highest BCUT2D eigenvalue weighted by Crippen LogP contribution is 2.61. The van der Waals surface area contributed by atoms with Crippen molar-refractivity contribution in [2.24, 2.45) is 11.8 Å². The minimum atomic E-state index is -3.89. The Morgan fingerprint density at radius 2 is 1.74 bits per heavy atom. The van der Waals surface area contributed by atoms with Crippen LogP contribution in [0, 0.1) is 18.8 Å². The average Bonchev–Trinajstić information content (AvgIpc) is 3.37. The fourth-order valence-electron chi connectivity index (χ4n) is 4.33. The number of aryl methyl sites for hydroxylation is 1. The van der Waals surface area contributed by atoms with Gasteiger partial charge in [-0.3, -0.25) is 4.79 Å². The van der Waals surface area contributed by atoms with Crippen LogP contribution in [0.4, 0.5) is 0 Å². The second-order valence-corrected chi connectivity index (χ2v) is 9.58. The lowest BCUT2D eigenvalue weighted by Crippen LogP contribution is -2.48. The van der Waals surface area contributed by atoms with E-state index in [0.29, 0.717) is 6.42 Å². The zero-order chi connectivity index (χ0) is 19.4. The van der Waals surface area contributed by atoms with E-state index in [-0.39, 0.29) is 29.1 Å². The van der Waals surface area contributed by atoms with Crippen LogP contribution in [0.2, 0.25) is 0 Å². The molecule has 4 rings (SSSR count). The van der Waals surface area contributed by atoms with Gasteiger partial charge in [-0.15, -0.1) is 0 Å². The summed E-state index contributed by atoms with van der Waals surface area (Å²) in [6.45, 7) is 3.83. The summed E-state index contributed by atoms with van der Waals surface area (Å²) in [6, 6.07) is 15.9. The lowest BCUT2D eigenvalue weighted by Gasteiger charge is -2.29.